The highest BCUT2D eigenvalue weighted by Crippen LogP contribution is 2.41. The van der Waals surface area contributed by atoms with Gasteiger partial charge in [0.1, 0.15) is 5.00 Å². The van der Waals surface area contributed by atoms with Crippen LogP contribution in [-0.2, 0) is 22.4 Å². The largest absolute Gasteiger partial charge is 0.449 e. The van der Waals surface area contributed by atoms with Gasteiger partial charge in [-0.1, -0.05) is 6.07 Å². The van der Waals surface area contributed by atoms with Gasteiger partial charge in [0, 0.05) is 36.4 Å². The predicted molar refractivity (Wildman–Crippen MR) is 120 cm³/mol. The van der Waals surface area contributed by atoms with Crippen LogP contribution in [0.25, 0.3) is 6.08 Å². The van der Waals surface area contributed by atoms with Crippen molar-refractivity contribution in [3.63, 3.8) is 0 Å². The molecule has 0 saturated heterocycles. The number of aromatic nitrogens is 1. The standard InChI is InChI=1S/C22H28N4O3S/c1-14(2)26(3)22(28)29-13-16-6-8-17-18(11-16)30-21(20(17)23)25-19(27)9-7-15-5-4-10-24-12-15/h4-5,7,9-10,12,14,16H,6,8,11,13,23H2,1-3H3,(H,25,27)/b9-7+. The summed E-state index contributed by atoms with van der Waals surface area (Å²) in [5, 5.41) is 3.56. The molecular formula is C22H28N4O3S. The number of anilines is 2. The minimum atomic E-state index is -0.296. The van der Waals surface area contributed by atoms with E-state index in [1.165, 1.54) is 17.4 Å². The van der Waals surface area contributed by atoms with Crippen LogP contribution in [0, 0.1) is 5.92 Å². The first-order valence-electron chi connectivity index (χ1n) is 10.0. The fourth-order valence-electron chi connectivity index (χ4n) is 3.22. The van der Waals surface area contributed by atoms with Gasteiger partial charge in [-0.3, -0.25) is 9.78 Å². The quantitative estimate of drug-likeness (QED) is 0.679. The number of thiophene rings is 1. The Morgan fingerprint density at radius 3 is 2.97 bits per heavy atom. The molecule has 0 saturated carbocycles. The maximum absolute atomic E-state index is 12.3. The number of carbonyl (C=O) groups is 2. The molecule has 0 fully saturated rings. The lowest BCUT2D eigenvalue weighted by Crippen LogP contribution is -2.35. The third-order valence-corrected chi connectivity index (χ3v) is 6.45. The normalized spacial score (nSPS) is 15.8. The van der Waals surface area contributed by atoms with E-state index in [-0.39, 0.29) is 24.0 Å². The Hall–Kier alpha value is -2.87. The van der Waals surface area contributed by atoms with E-state index in [1.807, 2.05) is 26.0 Å². The number of nitrogens with one attached hydrogen (secondary N) is 1. The minimum Gasteiger partial charge on any atom is -0.449 e. The Kier molecular flexibility index (Phi) is 7.10. The lowest BCUT2D eigenvalue weighted by atomic mass is 9.89. The van der Waals surface area contributed by atoms with Crippen LogP contribution in [0.3, 0.4) is 0 Å². The Labute approximate surface area is 180 Å². The fourth-order valence-corrected chi connectivity index (χ4v) is 4.50. The molecule has 0 spiro atoms. The molecule has 3 rings (SSSR count). The maximum Gasteiger partial charge on any atom is 0.409 e. The molecule has 3 N–H and O–H groups in total. The van der Waals surface area contributed by atoms with Crippen LogP contribution in [0.1, 0.15) is 36.3 Å². The number of fused-ring (bicyclic) bond motifs is 1. The molecule has 1 atom stereocenters. The number of ether oxygens (including phenoxy) is 1. The summed E-state index contributed by atoms with van der Waals surface area (Å²) in [6, 6.07) is 3.80. The minimum absolute atomic E-state index is 0.103. The number of nitrogens with two attached hydrogens (primary N) is 1. The van der Waals surface area contributed by atoms with Crippen LogP contribution in [0.5, 0.6) is 0 Å². The summed E-state index contributed by atoms with van der Waals surface area (Å²) in [5.74, 6) is 0.0282. The van der Waals surface area contributed by atoms with E-state index in [0.29, 0.717) is 17.3 Å². The van der Waals surface area contributed by atoms with Crippen molar-refractivity contribution in [2.75, 3.05) is 24.7 Å². The van der Waals surface area contributed by atoms with Gasteiger partial charge in [0.05, 0.1) is 12.3 Å². The number of hydrogen-bond acceptors (Lipinski definition) is 6. The summed E-state index contributed by atoms with van der Waals surface area (Å²) in [6.07, 6.45) is 8.79. The number of amides is 2. The summed E-state index contributed by atoms with van der Waals surface area (Å²) >= 11 is 1.51. The smallest absolute Gasteiger partial charge is 0.409 e. The molecule has 1 aliphatic carbocycles. The molecule has 160 valence electrons. The number of hydrogen-bond donors (Lipinski definition) is 2. The average Bonchev–Trinajstić information content (AvgIpc) is 3.05. The van der Waals surface area contributed by atoms with E-state index >= 15 is 0 Å². The number of nitrogen functional groups attached to an aromatic ring is 1. The molecule has 0 aliphatic heterocycles. The van der Waals surface area contributed by atoms with Gasteiger partial charge in [0.15, 0.2) is 0 Å². The summed E-state index contributed by atoms with van der Waals surface area (Å²) in [6.45, 7) is 4.29. The molecule has 30 heavy (non-hydrogen) atoms. The lowest BCUT2D eigenvalue weighted by molar-refractivity contribution is -0.111. The monoisotopic (exact) mass is 428 g/mol. The first-order valence-corrected chi connectivity index (χ1v) is 10.9. The molecule has 7 nitrogen and oxygen atoms in total. The summed E-state index contributed by atoms with van der Waals surface area (Å²) in [5.41, 5.74) is 8.89. The van der Waals surface area contributed by atoms with E-state index in [4.69, 9.17) is 10.5 Å². The molecule has 8 heteroatoms. The number of pyridine rings is 1. The van der Waals surface area contributed by atoms with Crippen molar-refractivity contribution in [1.82, 2.24) is 9.88 Å². The van der Waals surface area contributed by atoms with Crippen molar-refractivity contribution in [3.05, 3.63) is 46.6 Å². The highest BCUT2D eigenvalue weighted by molar-refractivity contribution is 7.17. The van der Waals surface area contributed by atoms with Gasteiger partial charge < -0.3 is 20.7 Å². The van der Waals surface area contributed by atoms with Crippen molar-refractivity contribution in [2.45, 2.75) is 39.2 Å². The van der Waals surface area contributed by atoms with E-state index in [1.54, 1.807) is 30.4 Å². The van der Waals surface area contributed by atoms with Crippen LogP contribution < -0.4 is 11.1 Å². The second-order valence-electron chi connectivity index (χ2n) is 7.75. The van der Waals surface area contributed by atoms with Crippen LogP contribution in [0.4, 0.5) is 15.5 Å². The molecule has 0 aromatic carbocycles. The van der Waals surface area contributed by atoms with E-state index < -0.39 is 0 Å². The van der Waals surface area contributed by atoms with Crippen LogP contribution in [0.2, 0.25) is 0 Å². The van der Waals surface area contributed by atoms with Gasteiger partial charge in [-0.25, -0.2) is 4.79 Å². The molecule has 2 aromatic rings. The highest BCUT2D eigenvalue weighted by Gasteiger charge is 2.26. The number of rotatable bonds is 6. The Morgan fingerprint density at radius 2 is 2.27 bits per heavy atom. The SMILES string of the molecule is CC(C)N(C)C(=O)OCC1CCc2c(sc(NC(=O)/C=C/c3cccnc3)c2N)C1. The number of carbonyl (C=O) groups excluding carboxylic acids is 2. The molecule has 1 aliphatic rings. The molecule has 0 radical (unpaired) electrons. The maximum atomic E-state index is 12.3. The number of nitrogens with zero attached hydrogens (tertiary/aromatic N) is 2. The Morgan fingerprint density at radius 1 is 1.47 bits per heavy atom. The van der Waals surface area contributed by atoms with Crippen LogP contribution in [-0.4, -0.2) is 41.6 Å². The van der Waals surface area contributed by atoms with E-state index in [2.05, 4.69) is 10.3 Å². The molecular weight excluding hydrogens is 400 g/mol. The van der Waals surface area contributed by atoms with E-state index in [0.717, 1.165) is 35.3 Å². The van der Waals surface area contributed by atoms with Crippen molar-refractivity contribution < 1.29 is 14.3 Å². The lowest BCUT2D eigenvalue weighted by Gasteiger charge is -2.25. The molecule has 2 heterocycles. The van der Waals surface area contributed by atoms with Gasteiger partial charge in [0.2, 0.25) is 5.91 Å². The second-order valence-corrected chi connectivity index (χ2v) is 8.85. The average molecular weight is 429 g/mol. The molecule has 1 unspecified atom stereocenters. The Balaban J connectivity index is 1.58. The molecule has 2 aromatic heterocycles. The van der Waals surface area contributed by atoms with Gasteiger partial charge in [-0.2, -0.15) is 0 Å². The zero-order valence-electron chi connectivity index (χ0n) is 17.6. The molecule has 0 bridgehead atoms. The first kappa shape index (κ1) is 21.8. The van der Waals surface area contributed by atoms with Crippen molar-refractivity contribution in [3.8, 4) is 0 Å². The Bertz CT molecular complexity index is 924. The topological polar surface area (TPSA) is 97.5 Å². The zero-order valence-corrected chi connectivity index (χ0v) is 18.4. The van der Waals surface area contributed by atoms with Crippen molar-refractivity contribution in [1.29, 1.82) is 0 Å². The second kappa shape index (κ2) is 9.75. The van der Waals surface area contributed by atoms with E-state index in [9.17, 15) is 9.59 Å². The van der Waals surface area contributed by atoms with Gasteiger partial charge in [0.25, 0.3) is 0 Å². The summed E-state index contributed by atoms with van der Waals surface area (Å²) in [7, 11) is 1.74. The summed E-state index contributed by atoms with van der Waals surface area (Å²) in [4.78, 5) is 31.1. The van der Waals surface area contributed by atoms with Crippen molar-refractivity contribution in [2.24, 2.45) is 5.92 Å². The summed E-state index contributed by atoms with van der Waals surface area (Å²) < 4.78 is 5.47. The third kappa shape index (κ3) is 5.38. The zero-order chi connectivity index (χ0) is 21.7. The van der Waals surface area contributed by atoms with Crippen LogP contribution >= 0.6 is 11.3 Å². The van der Waals surface area contributed by atoms with Gasteiger partial charge >= 0.3 is 6.09 Å². The third-order valence-electron chi connectivity index (χ3n) is 5.26. The highest BCUT2D eigenvalue weighted by atomic mass is 32.1. The van der Waals surface area contributed by atoms with Crippen LogP contribution in [0.15, 0.2) is 30.6 Å². The van der Waals surface area contributed by atoms with Crippen molar-refractivity contribution >= 4 is 40.1 Å². The fraction of sp³-hybridized carbons (Fsp3) is 0.409. The predicted octanol–water partition coefficient (Wildman–Crippen LogP) is 3.96. The first-order chi connectivity index (χ1) is 14.3. The van der Waals surface area contributed by atoms with Gasteiger partial charge in [-0.05, 0) is 62.3 Å². The molecule has 2 amide bonds. The van der Waals surface area contributed by atoms with Gasteiger partial charge in [-0.15, -0.1) is 11.3 Å².